The lowest BCUT2D eigenvalue weighted by atomic mass is 10.1. The van der Waals surface area contributed by atoms with Gasteiger partial charge in [-0.15, -0.1) is 0 Å². The largest absolute Gasteiger partial charge is 0.497 e. The molecule has 0 radical (unpaired) electrons. The fourth-order valence-corrected chi connectivity index (χ4v) is 3.16. The fraction of sp³-hybridized carbons (Fsp3) is 0.391. The van der Waals surface area contributed by atoms with E-state index in [0.29, 0.717) is 19.5 Å². The van der Waals surface area contributed by atoms with Gasteiger partial charge < -0.3 is 19.7 Å². The zero-order valence-corrected chi connectivity index (χ0v) is 17.6. The first-order valence-electron chi connectivity index (χ1n) is 9.85. The van der Waals surface area contributed by atoms with Crippen LogP contribution >= 0.6 is 0 Å². The molecule has 2 aromatic rings. The van der Waals surface area contributed by atoms with E-state index in [4.69, 9.17) is 9.47 Å². The fourth-order valence-electron chi connectivity index (χ4n) is 3.16. The molecule has 0 fully saturated rings. The van der Waals surface area contributed by atoms with Gasteiger partial charge in [0.1, 0.15) is 17.5 Å². The first-order valence-corrected chi connectivity index (χ1v) is 9.85. The zero-order chi connectivity index (χ0) is 21.2. The molecule has 0 bridgehead atoms. The third kappa shape index (κ3) is 6.24. The third-order valence-electron chi connectivity index (χ3n) is 4.76. The van der Waals surface area contributed by atoms with Crippen LogP contribution in [0.3, 0.4) is 0 Å². The minimum atomic E-state index is -0.525. The summed E-state index contributed by atoms with van der Waals surface area (Å²) < 4.78 is 10.4. The summed E-state index contributed by atoms with van der Waals surface area (Å²) in [7, 11) is 3.22. The molecule has 0 aromatic heterocycles. The van der Waals surface area contributed by atoms with Gasteiger partial charge in [0.05, 0.1) is 20.6 Å². The van der Waals surface area contributed by atoms with E-state index in [0.717, 1.165) is 22.6 Å². The minimum absolute atomic E-state index is 0.0934. The van der Waals surface area contributed by atoms with Crippen molar-refractivity contribution >= 4 is 11.8 Å². The average Bonchev–Trinajstić information content (AvgIpc) is 2.74. The van der Waals surface area contributed by atoms with E-state index in [1.54, 1.807) is 19.1 Å². The molecule has 0 saturated heterocycles. The van der Waals surface area contributed by atoms with Gasteiger partial charge in [-0.3, -0.25) is 9.59 Å². The highest BCUT2D eigenvalue weighted by Crippen LogP contribution is 2.18. The lowest BCUT2D eigenvalue weighted by Gasteiger charge is -2.30. The molecule has 0 unspecified atom stereocenters. The van der Waals surface area contributed by atoms with Crippen molar-refractivity contribution in [3.63, 3.8) is 0 Å². The van der Waals surface area contributed by atoms with Crippen LogP contribution in [0.4, 0.5) is 0 Å². The number of methoxy groups -OCH3 is 2. The number of ether oxygens (including phenoxy) is 2. The zero-order valence-electron chi connectivity index (χ0n) is 17.6. The summed E-state index contributed by atoms with van der Waals surface area (Å²) in [4.78, 5) is 27.5. The Morgan fingerprint density at radius 1 is 0.897 bits per heavy atom. The van der Waals surface area contributed by atoms with Crippen LogP contribution < -0.4 is 14.8 Å². The molecule has 29 heavy (non-hydrogen) atoms. The minimum Gasteiger partial charge on any atom is -0.497 e. The summed E-state index contributed by atoms with van der Waals surface area (Å²) in [5.41, 5.74) is 1.82. The first-order chi connectivity index (χ1) is 14.0. The Bertz CT molecular complexity index is 788. The number of likely N-dealkylation sites (N-methyl/N-ethyl adjacent to an activating group) is 1. The van der Waals surface area contributed by atoms with Crippen LogP contribution in [0.1, 0.15) is 31.4 Å². The smallest absolute Gasteiger partial charge is 0.242 e. The molecule has 2 rings (SSSR count). The Kier molecular flexibility index (Phi) is 8.52. The van der Waals surface area contributed by atoms with Crippen molar-refractivity contribution in [2.75, 3.05) is 20.8 Å². The molecular weight excluding hydrogens is 368 g/mol. The molecule has 1 atom stereocenters. The Morgan fingerprint density at radius 3 is 1.86 bits per heavy atom. The molecule has 2 amide bonds. The molecule has 6 nitrogen and oxygen atoms in total. The standard InChI is InChI=1S/C23H30N2O4/c1-5-21(23(27)24-6-2)25(16-18-9-13-20(29-4)14-10-18)22(26)15-17-7-11-19(28-3)12-8-17/h7-14,21H,5-6,15-16H2,1-4H3,(H,24,27)/t21-/m1/s1. The second kappa shape index (κ2) is 11.1. The molecule has 0 aliphatic heterocycles. The van der Waals surface area contributed by atoms with Gasteiger partial charge >= 0.3 is 0 Å². The van der Waals surface area contributed by atoms with E-state index >= 15 is 0 Å². The van der Waals surface area contributed by atoms with Crippen LogP contribution in [0, 0.1) is 0 Å². The van der Waals surface area contributed by atoms with Gasteiger partial charge in [0.2, 0.25) is 11.8 Å². The summed E-state index contributed by atoms with van der Waals surface area (Å²) in [5, 5.41) is 2.85. The Balaban J connectivity index is 2.25. The van der Waals surface area contributed by atoms with Crippen molar-refractivity contribution in [3.05, 3.63) is 59.7 Å². The van der Waals surface area contributed by atoms with E-state index in [2.05, 4.69) is 5.32 Å². The van der Waals surface area contributed by atoms with Crippen LogP contribution in [0.2, 0.25) is 0 Å². The normalized spacial score (nSPS) is 11.4. The Hall–Kier alpha value is -3.02. The highest BCUT2D eigenvalue weighted by molar-refractivity contribution is 5.88. The predicted octanol–water partition coefficient (Wildman–Crippen LogP) is 3.19. The van der Waals surface area contributed by atoms with Crippen molar-refractivity contribution in [2.24, 2.45) is 0 Å². The summed E-state index contributed by atoms with van der Waals surface area (Å²) in [6.45, 7) is 4.67. The van der Waals surface area contributed by atoms with Gasteiger partial charge in [0.25, 0.3) is 0 Å². The van der Waals surface area contributed by atoms with Crippen LogP contribution in [0.15, 0.2) is 48.5 Å². The number of carbonyl (C=O) groups is 2. The summed E-state index contributed by atoms with van der Waals surface area (Å²) >= 11 is 0. The van der Waals surface area contributed by atoms with Crippen molar-refractivity contribution < 1.29 is 19.1 Å². The van der Waals surface area contributed by atoms with Crippen LogP contribution in [0.5, 0.6) is 11.5 Å². The van der Waals surface area contributed by atoms with Crippen LogP contribution in [0.25, 0.3) is 0 Å². The van der Waals surface area contributed by atoms with E-state index in [9.17, 15) is 9.59 Å². The number of nitrogens with zero attached hydrogens (tertiary/aromatic N) is 1. The van der Waals surface area contributed by atoms with Gasteiger partial charge in [-0.25, -0.2) is 0 Å². The third-order valence-corrected chi connectivity index (χ3v) is 4.76. The van der Waals surface area contributed by atoms with Gasteiger partial charge in [-0.2, -0.15) is 0 Å². The number of benzene rings is 2. The van der Waals surface area contributed by atoms with E-state index in [1.807, 2.05) is 62.4 Å². The number of rotatable bonds is 10. The second-order valence-corrected chi connectivity index (χ2v) is 6.71. The van der Waals surface area contributed by atoms with Crippen LogP contribution in [-0.4, -0.2) is 43.5 Å². The van der Waals surface area contributed by atoms with Gasteiger partial charge in [-0.1, -0.05) is 31.2 Å². The molecule has 0 spiro atoms. The van der Waals surface area contributed by atoms with Crippen molar-refractivity contribution in [1.29, 1.82) is 0 Å². The number of amides is 2. The first kappa shape index (κ1) is 22.3. The Morgan fingerprint density at radius 2 is 1.41 bits per heavy atom. The molecule has 0 saturated carbocycles. The summed E-state index contributed by atoms with van der Waals surface area (Å²) in [6.07, 6.45) is 0.756. The molecule has 2 aromatic carbocycles. The predicted molar refractivity (Wildman–Crippen MR) is 113 cm³/mol. The summed E-state index contributed by atoms with van der Waals surface area (Å²) in [5.74, 6) is 1.27. The lowest BCUT2D eigenvalue weighted by molar-refractivity contribution is -0.140. The number of hydrogen-bond acceptors (Lipinski definition) is 4. The maximum Gasteiger partial charge on any atom is 0.242 e. The number of carbonyl (C=O) groups excluding carboxylic acids is 2. The van der Waals surface area contributed by atoms with E-state index < -0.39 is 6.04 Å². The van der Waals surface area contributed by atoms with Crippen LogP contribution in [-0.2, 0) is 22.6 Å². The van der Waals surface area contributed by atoms with E-state index in [-0.39, 0.29) is 18.2 Å². The topological polar surface area (TPSA) is 67.9 Å². The molecule has 6 heteroatoms. The molecule has 0 aliphatic rings. The highest BCUT2D eigenvalue weighted by Gasteiger charge is 2.28. The van der Waals surface area contributed by atoms with Crippen molar-refractivity contribution in [2.45, 2.75) is 39.3 Å². The Labute approximate surface area is 172 Å². The lowest BCUT2D eigenvalue weighted by Crippen LogP contribution is -2.49. The quantitative estimate of drug-likeness (QED) is 0.667. The molecule has 156 valence electrons. The SMILES string of the molecule is CCNC(=O)[C@@H](CC)N(Cc1ccc(OC)cc1)C(=O)Cc1ccc(OC)cc1. The van der Waals surface area contributed by atoms with Crippen molar-refractivity contribution in [1.82, 2.24) is 10.2 Å². The average molecular weight is 399 g/mol. The van der Waals surface area contributed by atoms with Gasteiger partial charge in [0, 0.05) is 13.1 Å². The summed E-state index contributed by atoms with van der Waals surface area (Å²) in [6, 6.07) is 14.4. The molecular formula is C23H30N2O4. The maximum atomic E-state index is 13.2. The monoisotopic (exact) mass is 398 g/mol. The second-order valence-electron chi connectivity index (χ2n) is 6.71. The number of nitrogens with one attached hydrogen (secondary N) is 1. The van der Waals surface area contributed by atoms with Gasteiger partial charge in [-0.05, 0) is 48.7 Å². The van der Waals surface area contributed by atoms with E-state index in [1.165, 1.54) is 0 Å². The molecule has 0 heterocycles. The highest BCUT2D eigenvalue weighted by atomic mass is 16.5. The maximum absolute atomic E-state index is 13.2. The number of hydrogen-bond donors (Lipinski definition) is 1. The van der Waals surface area contributed by atoms with Crippen molar-refractivity contribution in [3.8, 4) is 11.5 Å². The molecule has 1 N–H and O–H groups in total. The van der Waals surface area contributed by atoms with Gasteiger partial charge in [0.15, 0.2) is 0 Å². The molecule has 0 aliphatic carbocycles.